The van der Waals surface area contributed by atoms with Crippen LogP contribution in [0.5, 0.6) is 5.75 Å². The fraction of sp³-hybridized carbons (Fsp3) is 0.167. The number of carbonyl (C=O) groups is 2. The Kier molecular flexibility index (Phi) is 7.40. The van der Waals surface area contributed by atoms with E-state index < -0.39 is 15.9 Å². The fourth-order valence-electron chi connectivity index (χ4n) is 3.08. The maximum atomic E-state index is 12.7. The third kappa shape index (κ3) is 6.03. The lowest BCUT2D eigenvalue weighted by Crippen LogP contribution is -2.31. The van der Waals surface area contributed by atoms with E-state index in [4.69, 9.17) is 9.88 Å². The van der Waals surface area contributed by atoms with Crippen molar-refractivity contribution in [2.75, 3.05) is 13.2 Å². The second kappa shape index (κ2) is 10.2. The predicted octanol–water partition coefficient (Wildman–Crippen LogP) is 2.86. The molecule has 0 saturated carbocycles. The van der Waals surface area contributed by atoms with Crippen molar-refractivity contribution in [3.8, 4) is 5.75 Å². The topological polar surface area (TPSA) is 116 Å². The highest BCUT2D eigenvalue weighted by Crippen LogP contribution is 2.19. The van der Waals surface area contributed by atoms with Gasteiger partial charge in [-0.05, 0) is 42.8 Å². The number of nitrogens with one attached hydrogen (secondary N) is 1. The van der Waals surface area contributed by atoms with E-state index in [-0.39, 0.29) is 29.7 Å². The summed E-state index contributed by atoms with van der Waals surface area (Å²) in [5.41, 5.74) is 1.86. The van der Waals surface area contributed by atoms with Gasteiger partial charge in [-0.2, -0.15) is 0 Å². The van der Waals surface area contributed by atoms with E-state index in [1.54, 1.807) is 37.3 Å². The minimum atomic E-state index is -3.75. The molecule has 3 aromatic rings. The molecule has 0 heterocycles. The number of primary sulfonamides is 1. The zero-order valence-corrected chi connectivity index (χ0v) is 18.3. The number of ether oxygens (including phenoxy) is 1. The molecule has 0 radical (unpaired) electrons. The smallest absolute Gasteiger partial charge is 0.238 e. The predicted molar refractivity (Wildman–Crippen MR) is 121 cm³/mol. The van der Waals surface area contributed by atoms with E-state index in [9.17, 15) is 18.0 Å². The lowest BCUT2D eigenvalue weighted by atomic mass is 9.95. The van der Waals surface area contributed by atoms with Crippen molar-refractivity contribution in [1.29, 1.82) is 0 Å². The molecule has 0 spiro atoms. The first-order valence-electron chi connectivity index (χ1n) is 9.99. The summed E-state index contributed by atoms with van der Waals surface area (Å²) in [5.74, 6) is -0.274. The van der Waals surface area contributed by atoms with Gasteiger partial charge in [0.25, 0.3) is 0 Å². The molecule has 0 aliphatic heterocycles. The van der Waals surface area contributed by atoms with Crippen molar-refractivity contribution in [2.24, 2.45) is 5.14 Å². The highest BCUT2D eigenvalue weighted by molar-refractivity contribution is 7.89. The van der Waals surface area contributed by atoms with Gasteiger partial charge in [0.1, 0.15) is 12.4 Å². The molecule has 0 aliphatic rings. The molecule has 3 aromatic carbocycles. The van der Waals surface area contributed by atoms with Gasteiger partial charge in [0.2, 0.25) is 15.9 Å². The van der Waals surface area contributed by atoms with Crippen molar-refractivity contribution < 1.29 is 22.7 Å². The largest absolute Gasteiger partial charge is 0.492 e. The minimum Gasteiger partial charge on any atom is -0.492 e. The van der Waals surface area contributed by atoms with Crippen molar-refractivity contribution in [1.82, 2.24) is 5.32 Å². The molecule has 3 rings (SSSR count). The lowest BCUT2D eigenvalue weighted by Gasteiger charge is -2.14. The molecule has 1 amide bonds. The zero-order valence-electron chi connectivity index (χ0n) is 17.5. The van der Waals surface area contributed by atoms with E-state index in [0.29, 0.717) is 16.9 Å². The summed E-state index contributed by atoms with van der Waals surface area (Å²) < 4.78 is 28.0. The Bertz CT molecular complexity index is 1190. The molecule has 0 fully saturated rings. The highest BCUT2D eigenvalue weighted by Gasteiger charge is 2.17. The fourth-order valence-corrected chi connectivity index (χ4v) is 3.59. The number of nitrogens with two attached hydrogens (primary N) is 1. The maximum absolute atomic E-state index is 12.7. The van der Waals surface area contributed by atoms with Crippen LogP contribution in [0.1, 0.15) is 34.3 Å². The number of carbonyl (C=O) groups excluding carboxylic acids is 2. The molecule has 32 heavy (non-hydrogen) atoms. The number of sulfonamides is 1. The SMILES string of the molecule is CC(C(=O)NCCOc1ccc(S(N)(=O)=O)cc1)c1cccc(C(=O)c2ccccc2)c1. The number of benzene rings is 3. The van der Waals surface area contributed by atoms with Gasteiger partial charge >= 0.3 is 0 Å². The molecule has 0 aromatic heterocycles. The number of amides is 1. The van der Waals surface area contributed by atoms with Crippen LogP contribution in [-0.4, -0.2) is 33.3 Å². The second-order valence-corrected chi connectivity index (χ2v) is 8.76. The van der Waals surface area contributed by atoms with E-state index in [1.165, 1.54) is 24.3 Å². The second-order valence-electron chi connectivity index (χ2n) is 7.20. The Balaban J connectivity index is 1.53. The summed E-state index contributed by atoms with van der Waals surface area (Å²) in [4.78, 5) is 25.2. The van der Waals surface area contributed by atoms with Gasteiger partial charge in [-0.1, -0.05) is 48.5 Å². The average molecular weight is 453 g/mol. The van der Waals surface area contributed by atoms with E-state index >= 15 is 0 Å². The van der Waals surface area contributed by atoms with Gasteiger partial charge in [-0.25, -0.2) is 13.6 Å². The van der Waals surface area contributed by atoms with Crippen LogP contribution in [0.25, 0.3) is 0 Å². The highest BCUT2D eigenvalue weighted by atomic mass is 32.2. The standard InChI is InChI=1S/C24H24N2O5S/c1-17(19-8-5-9-20(16-19)23(27)18-6-3-2-4-7-18)24(28)26-14-15-31-21-10-12-22(13-11-21)32(25,29)30/h2-13,16-17H,14-15H2,1H3,(H,26,28)(H2,25,29,30). The Morgan fingerprint density at radius 1 is 0.938 bits per heavy atom. The molecule has 166 valence electrons. The van der Waals surface area contributed by atoms with Crippen LogP contribution in [0, 0.1) is 0 Å². The van der Waals surface area contributed by atoms with Gasteiger partial charge in [0, 0.05) is 11.1 Å². The number of ketones is 1. The van der Waals surface area contributed by atoms with Crippen LogP contribution in [0.15, 0.2) is 83.8 Å². The Labute approximate surface area is 187 Å². The Hall–Kier alpha value is -3.49. The van der Waals surface area contributed by atoms with Gasteiger partial charge in [0.15, 0.2) is 5.78 Å². The summed E-state index contributed by atoms with van der Waals surface area (Å²) in [7, 11) is -3.75. The first kappa shape index (κ1) is 23.2. The summed E-state index contributed by atoms with van der Waals surface area (Å²) >= 11 is 0. The van der Waals surface area contributed by atoms with Gasteiger partial charge < -0.3 is 10.1 Å². The minimum absolute atomic E-state index is 0.0000427. The molecular weight excluding hydrogens is 428 g/mol. The number of hydrogen-bond acceptors (Lipinski definition) is 5. The van der Waals surface area contributed by atoms with Gasteiger partial charge in [-0.3, -0.25) is 9.59 Å². The molecule has 1 atom stereocenters. The van der Waals surface area contributed by atoms with Crippen molar-refractivity contribution in [3.05, 3.63) is 95.6 Å². The van der Waals surface area contributed by atoms with E-state index in [2.05, 4.69) is 5.32 Å². The van der Waals surface area contributed by atoms with E-state index in [1.807, 2.05) is 24.3 Å². The molecule has 0 saturated heterocycles. The monoisotopic (exact) mass is 452 g/mol. The third-order valence-electron chi connectivity index (χ3n) is 4.90. The first-order chi connectivity index (χ1) is 15.3. The number of rotatable bonds is 9. The summed E-state index contributed by atoms with van der Waals surface area (Å²) in [6, 6.07) is 21.8. The molecule has 0 aliphatic carbocycles. The molecular formula is C24H24N2O5S. The maximum Gasteiger partial charge on any atom is 0.238 e. The van der Waals surface area contributed by atoms with Crippen LogP contribution in [0.3, 0.4) is 0 Å². The number of hydrogen-bond donors (Lipinski definition) is 2. The Morgan fingerprint density at radius 3 is 2.25 bits per heavy atom. The zero-order chi connectivity index (χ0) is 23.1. The summed E-state index contributed by atoms with van der Waals surface area (Å²) in [6.07, 6.45) is 0. The quantitative estimate of drug-likeness (QED) is 0.383. The summed E-state index contributed by atoms with van der Waals surface area (Å²) in [6.45, 7) is 2.25. The molecule has 3 N–H and O–H groups in total. The molecule has 8 heteroatoms. The average Bonchev–Trinajstić information content (AvgIpc) is 2.81. The van der Waals surface area contributed by atoms with Crippen molar-refractivity contribution in [3.63, 3.8) is 0 Å². The summed E-state index contributed by atoms with van der Waals surface area (Å²) in [5, 5.41) is 7.86. The first-order valence-corrected chi connectivity index (χ1v) is 11.5. The molecule has 1 unspecified atom stereocenters. The van der Waals surface area contributed by atoms with Crippen LogP contribution < -0.4 is 15.2 Å². The molecule has 7 nitrogen and oxygen atoms in total. The lowest BCUT2D eigenvalue weighted by molar-refractivity contribution is -0.122. The van der Waals surface area contributed by atoms with Crippen LogP contribution >= 0.6 is 0 Å². The van der Waals surface area contributed by atoms with Crippen LogP contribution in [0.4, 0.5) is 0 Å². The van der Waals surface area contributed by atoms with Crippen LogP contribution in [-0.2, 0) is 14.8 Å². The van der Waals surface area contributed by atoms with Gasteiger partial charge in [0.05, 0.1) is 17.4 Å². The Morgan fingerprint density at radius 2 is 1.59 bits per heavy atom. The molecule has 0 bridgehead atoms. The normalized spacial score (nSPS) is 12.1. The van der Waals surface area contributed by atoms with Crippen molar-refractivity contribution >= 4 is 21.7 Å². The van der Waals surface area contributed by atoms with E-state index in [0.717, 1.165) is 5.56 Å². The third-order valence-corrected chi connectivity index (χ3v) is 5.83. The van der Waals surface area contributed by atoms with Crippen LogP contribution in [0.2, 0.25) is 0 Å². The van der Waals surface area contributed by atoms with Gasteiger partial charge in [-0.15, -0.1) is 0 Å². The van der Waals surface area contributed by atoms with Crippen molar-refractivity contribution in [2.45, 2.75) is 17.7 Å².